The molecule has 0 saturated heterocycles. The van der Waals surface area contributed by atoms with Crippen LogP contribution in [0, 0.1) is 0 Å². The van der Waals surface area contributed by atoms with E-state index in [1.54, 1.807) is 0 Å². The van der Waals surface area contributed by atoms with Crippen LogP contribution in [0.15, 0.2) is 121 Å². The Balaban J connectivity index is 0.00000104. The van der Waals surface area contributed by atoms with Crippen LogP contribution in [0.3, 0.4) is 0 Å². The Morgan fingerprint density at radius 1 is 0.426 bits per heavy atom. The van der Waals surface area contributed by atoms with Crippen molar-refractivity contribution in [3.63, 3.8) is 0 Å². The third kappa shape index (κ3) is 4.46. The van der Waals surface area contributed by atoms with Crippen molar-refractivity contribution < 1.29 is 0 Å². The van der Waals surface area contributed by atoms with Gasteiger partial charge < -0.3 is 0 Å². The van der Waals surface area contributed by atoms with Gasteiger partial charge in [0.25, 0.3) is 0 Å². The van der Waals surface area contributed by atoms with Gasteiger partial charge in [0, 0.05) is 32.7 Å². The highest BCUT2D eigenvalue weighted by molar-refractivity contribution is 6.04. The van der Waals surface area contributed by atoms with Gasteiger partial charge in [-0.25, -0.2) is 9.97 Å². The lowest BCUT2D eigenvalue weighted by Gasteiger charge is -2.22. The number of pyridine rings is 2. The van der Waals surface area contributed by atoms with E-state index in [0.29, 0.717) is 0 Å². The van der Waals surface area contributed by atoms with Crippen molar-refractivity contribution in [2.24, 2.45) is 0 Å². The standard InChI is InChI=1S/C42H32N2.C3H8/c1-41(2)33-11-7-5-9-29(33)31-19-15-27(23-35(31)41)37-21-17-25-13-14-26-18-22-38(44-40(26)39(25)43-37)28-16-20-32-30-10-6-8-12-34(30)42(3,4)36(32)24-28;1-3-2/h5-24H,1-4H3;3H2,1-2H3. The van der Waals surface area contributed by atoms with Gasteiger partial charge >= 0.3 is 0 Å². The highest BCUT2D eigenvalue weighted by Gasteiger charge is 2.36. The molecular weight excluding hydrogens is 569 g/mol. The molecule has 2 aliphatic rings. The first-order valence-corrected chi connectivity index (χ1v) is 16.9. The molecule has 0 atom stereocenters. The minimum absolute atomic E-state index is 0.0479. The Hall–Kier alpha value is -5.08. The van der Waals surface area contributed by atoms with Crippen molar-refractivity contribution in [2.75, 3.05) is 0 Å². The molecule has 0 saturated carbocycles. The predicted octanol–water partition coefficient (Wildman–Crippen LogP) is 12.1. The number of aromatic nitrogens is 2. The van der Waals surface area contributed by atoms with Crippen molar-refractivity contribution in [3.8, 4) is 44.8 Å². The van der Waals surface area contributed by atoms with Crippen molar-refractivity contribution in [1.82, 2.24) is 9.97 Å². The van der Waals surface area contributed by atoms with E-state index in [4.69, 9.17) is 9.97 Å². The number of fused-ring (bicyclic) bond motifs is 9. The number of rotatable bonds is 2. The van der Waals surface area contributed by atoms with Crippen LogP contribution in [0.25, 0.3) is 66.6 Å². The van der Waals surface area contributed by atoms with E-state index in [2.05, 4.69) is 163 Å². The molecule has 0 N–H and O–H groups in total. The second-order valence-corrected chi connectivity index (χ2v) is 14.2. The molecule has 0 aliphatic heterocycles. The summed E-state index contributed by atoms with van der Waals surface area (Å²) in [4.78, 5) is 10.6. The van der Waals surface area contributed by atoms with Gasteiger partial charge in [-0.05, 0) is 68.8 Å². The van der Waals surface area contributed by atoms with Gasteiger partial charge in [0.15, 0.2) is 0 Å². The Morgan fingerprint density at radius 3 is 1.21 bits per heavy atom. The van der Waals surface area contributed by atoms with Crippen molar-refractivity contribution in [1.29, 1.82) is 0 Å². The average Bonchev–Trinajstić information content (AvgIpc) is 3.47. The van der Waals surface area contributed by atoms with Crippen LogP contribution in [0.1, 0.15) is 70.2 Å². The zero-order valence-corrected chi connectivity index (χ0v) is 28.1. The maximum atomic E-state index is 5.28. The van der Waals surface area contributed by atoms with Crippen LogP contribution in [0.5, 0.6) is 0 Å². The fourth-order valence-electron chi connectivity index (χ4n) is 7.82. The number of nitrogens with zero attached hydrogens (tertiary/aromatic N) is 2. The van der Waals surface area contributed by atoms with E-state index in [9.17, 15) is 0 Å². The van der Waals surface area contributed by atoms with E-state index < -0.39 is 0 Å². The summed E-state index contributed by atoms with van der Waals surface area (Å²) in [6.45, 7) is 13.6. The summed E-state index contributed by atoms with van der Waals surface area (Å²) < 4.78 is 0. The molecule has 2 heteroatoms. The van der Waals surface area contributed by atoms with Crippen LogP contribution < -0.4 is 0 Å². The van der Waals surface area contributed by atoms with Crippen LogP contribution in [0.2, 0.25) is 0 Å². The summed E-state index contributed by atoms with van der Waals surface area (Å²) in [5.74, 6) is 0. The fraction of sp³-hybridized carbons (Fsp3) is 0.200. The largest absolute Gasteiger partial charge is 0.245 e. The maximum Gasteiger partial charge on any atom is 0.0972 e. The van der Waals surface area contributed by atoms with Crippen LogP contribution in [0.4, 0.5) is 0 Å². The first-order chi connectivity index (χ1) is 22.7. The first-order valence-electron chi connectivity index (χ1n) is 16.9. The molecule has 2 aliphatic carbocycles. The summed E-state index contributed by atoms with van der Waals surface area (Å²) in [5, 5.41) is 2.20. The van der Waals surface area contributed by atoms with Crippen molar-refractivity contribution in [2.45, 2.75) is 58.8 Å². The maximum absolute atomic E-state index is 5.28. The fourth-order valence-corrected chi connectivity index (χ4v) is 7.82. The van der Waals surface area contributed by atoms with Crippen LogP contribution >= 0.6 is 0 Å². The normalized spacial score (nSPS) is 14.6. The minimum Gasteiger partial charge on any atom is -0.245 e. The second-order valence-electron chi connectivity index (χ2n) is 14.2. The topological polar surface area (TPSA) is 25.8 Å². The summed E-state index contributed by atoms with van der Waals surface area (Å²) in [5.41, 5.74) is 16.8. The highest BCUT2D eigenvalue weighted by atomic mass is 14.8. The molecule has 0 amide bonds. The molecule has 0 spiro atoms. The predicted molar refractivity (Wildman–Crippen MR) is 199 cm³/mol. The van der Waals surface area contributed by atoms with Crippen LogP contribution in [-0.2, 0) is 10.8 Å². The highest BCUT2D eigenvalue weighted by Crippen LogP contribution is 2.50. The van der Waals surface area contributed by atoms with E-state index in [1.807, 2.05) is 0 Å². The Labute approximate surface area is 278 Å². The molecule has 2 aromatic heterocycles. The Kier molecular flexibility index (Phi) is 6.70. The molecule has 9 rings (SSSR count). The summed E-state index contributed by atoms with van der Waals surface area (Å²) in [7, 11) is 0. The van der Waals surface area contributed by atoms with Crippen molar-refractivity contribution in [3.05, 3.63) is 144 Å². The monoisotopic (exact) mass is 608 g/mol. The first kappa shape index (κ1) is 29.3. The number of benzene rings is 5. The lowest BCUT2D eigenvalue weighted by atomic mass is 9.82. The van der Waals surface area contributed by atoms with Crippen molar-refractivity contribution >= 4 is 21.8 Å². The summed E-state index contributed by atoms with van der Waals surface area (Å²) in [6.07, 6.45) is 1.25. The van der Waals surface area contributed by atoms with Gasteiger partial charge in [-0.15, -0.1) is 0 Å². The molecule has 5 aromatic carbocycles. The second kappa shape index (κ2) is 10.7. The SMILES string of the molecule is CC1(C)c2ccccc2-c2ccc(-c3ccc4ccc5ccc(-c6ccc7c(c6)C(C)(C)c6ccccc6-7)nc5c4n3)cc21.CCC. The molecule has 2 nitrogen and oxygen atoms in total. The number of hydrogen-bond donors (Lipinski definition) is 0. The van der Waals surface area contributed by atoms with Crippen LogP contribution in [-0.4, -0.2) is 9.97 Å². The molecular formula is C45H40N2. The molecule has 47 heavy (non-hydrogen) atoms. The van der Waals surface area contributed by atoms with E-state index >= 15 is 0 Å². The van der Waals surface area contributed by atoms with E-state index in [1.165, 1.54) is 50.9 Å². The molecule has 0 radical (unpaired) electrons. The summed E-state index contributed by atoms with van der Waals surface area (Å²) in [6, 6.07) is 44.3. The van der Waals surface area contributed by atoms with Gasteiger partial charge in [-0.2, -0.15) is 0 Å². The third-order valence-corrected chi connectivity index (χ3v) is 10.3. The quantitative estimate of drug-likeness (QED) is 0.182. The van der Waals surface area contributed by atoms with Gasteiger partial charge in [0.2, 0.25) is 0 Å². The zero-order valence-electron chi connectivity index (χ0n) is 28.1. The van der Waals surface area contributed by atoms with Gasteiger partial charge in [-0.1, -0.05) is 145 Å². The average molecular weight is 609 g/mol. The molecule has 0 bridgehead atoms. The van der Waals surface area contributed by atoms with Gasteiger partial charge in [-0.3, -0.25) is 0 Å². The Bertz CT molecular complexity index is 2190. The minimum atomic E-state index is -0.0479. The van der Waals surface area contributed by atoms with E-state index in [-0.39, 0.29) is 10.8 Å². The molecule has 0 unspecified atom stereocenters. The Morgan fingerprint density at radius 2 is 0.787 bits per heavy atom. The summed E-state index contributed by atoms with van der Waals surface area (Å²) >= 11 is 0. The third-order valence-electron chi connectivity index (χ3n) is 10.3. The lowest BCUT2D eigenvalue weighted by molar-refractivity contribution is 0.660. The molecule has 7 aromatic rings. The zero-order chi connectivity index (χ0) is 32.5. The number of hydrogen-bond acceptors (Lipinski definition) is 2. The van der Waals surface area contributed by atoms with Gasteiger partial charge in [0.1, 0.15) is 0 Å². The molecule has 0 fully saturated rings. The molecule has 230 valence electrons. The molecule has 2 heterocycles. The van der Waals surface area contributed by atoms with E-state index in [0.717, 1.165) is 44.3 Å². The smallest absolute Gasteiger partial charge is 0.0972 e. The lowest BCUT2D eigenvalue weighted by Crippen LogP contribution is -2.14. The van der Waals surface area contributed by atoms with Gasteiger partial charge in [0.05, 0.1) is 22.4 Å².